The lowest BCUT2D eigenvalue weighted by Gasteiger charge is -2.15. The second-order valence-electron chi connectivity index (χ2n) is 5.64. The van der Waals surface area contributed by atoms with Crippen LogP contribution in [0.15, 0.2) is 30.5 Å². The molecule has 0 unspecified atom stereocenters. The number of aromatic nitrogens is 2. The molecule has 2 N–H and O–H groups in total. The maximum absolute atomic E-state index is 12.6. The number of hydrogen-bond acceptors (Lipinski definition) is 3. The molecule has 1 aromatic carbocycles. The van der Waals surface area contributed by atoms with Crippen molar-refractivity contribution >= 4 is 5.91 Å². The summed E-state index contributed by atoms with van der Waals surface area (Å²) in [6.07, 6.45) is 2.53. The van der Waals surface area contributed by atoms with Gasteiger partial charge >= 0.3 is 0 Å². The van der Waals surface area contributed by atoms with Crippen molar-refractivity contribution in [3.05, 3.63) is 47.3 Å². The van der Waals surface area contributed by atoms with E-state index < -0.39 is 0 Å². The molecule has 3 rings (SSSR count). The van der Waals surface area contributed by atoms with E-state index in [2.05, 4.69) is 5.10 Å². The molecular formula is C16H20N4O. The molecule has 1 saturated heterocycles. The van der Waals surface area contributed by atoms with Crippen LogP contribution in [0.4, 0.5) is 0 Å². The highest BCUT2D eigenvalue weighted by Gasteiger charge is 2.27. The van der Waals surface area contributed by atoms with Crippen molar-refractivity contribution in [2.24, 2.45) is 5.73 Å². The first-order valence-electron chi connectivity index (χ1n) is 7.23. The summed E-state index contributed by atoms with van der Waals surface area (Å²) in [5.74, 6) is 0.0280. The fraction of sp³-hybridized carbons (Fsp3) is 0.375. The van der Waals surface area contributed by atoms with Crippen LogP contribution in [0.5, 0.6) is 0 Å². The Morgan fingerprint density at radius 1 is 1.33 bits per heavy atom. The lowest BCUT2D eigenvalue weighted by atomic mass is 10.2. The van der Waals surface area contributed by atoms with Gasteiger partial charge in [0.1, 0.15) is 0 Å². The van der Waals surface area contributed by atoms with Crippen molar-refractivity contribution in [3.63, 3.8) is 0 Å². The van der Waals surface area contributed by atoms with Gasteiger partial charge in [0.05, 0.1) is 23.1 Å². The smallest absolute Gasteiger partial charge is 0.257 e. The van der Waals surface area contributed by atoms with Crippen molar-refractivity contribution in [3.8, 4) is 5.69 Å². The molecule has 1 atom stereocenters. The van der Waals surface area contributed by atoms with Gasteiger partial charge in [-0.1, -0.05) is 18.2 Å². The molecule has 1 amide bonds. The van der Waals surface area contributed by atoms with E-state index in [0.29, 0.717) is 12.1 Å². The van der Waals surface area contributed by atoms with Gasteiger partial charge in [-0.3, -0.25) is 4.79 Å². The van der Waals surface area contributed by atoms with Crippen molar-refractivity contribution in [2.75, 3.05) is 13.1 Å². The van der Waals surface area contributed by atoms with Gasteiger partial charge in [-0.15, -0.1) is 0 Å². The molecule has 1 aromatic heterocycles. The molecule has 5 nitrogen and oxygen atoms in total. The van der Waals surface area contributed by atoms with Crippen LogP contribution in [0, 0.1) is 13.8 Å². The van der Waals surface area contributed by atoms with Gasteiger partial charge in [-0.05, 0) is 31.9 Å². The fourth-order valence-corrected chi connectivity index (χ4v) is 2.81. The highest BCUT2D eigenvalue weighted by molar-refractivity contribution is 5.95. The Kier molecular flexibility index (Phi) is 3.51. The lowest BCUT2D eigenvalue weighted by molar-refractivity contribution is 0.0790. The number of para-hydroxylation sites is 1. The average Bonchev–Trinajstić information content (AvgIpc) is 3.05. The number of benzene rings is 1. The number of carbonyl (C=O) groups excluding carboxylic acids is 1. The number of nitrogens with zero attached hydrogens (tertiary/aromatic N) is 3. The molecule has 2 heterocycles. The summed E-state index contributed by atoms with van der Waals surface area (Å²) in [6.45, 7) is 5.34. The molecule has 0 aliphatic carbocycles. The van der Waals surface area contributed by atoms with Crippen LogP contribution in [-0.2, 0) is 0 Å². The minimum Gasteiger partial charge on any atom is -0.337 e. The zero-order valence-electron chi connectivity index (χ0n) is 12.4. The molecule has 0 radical (unpaired) electrons. The van der Waals surface area contributed by atoms with Crippen LogP contribution >= 0.6 is 0 Å². The van der Waals surface area contributed by atoms with Gasteiger partial charge in [-0.25, -0.2) is 4.68 Å². The molecule has 2 aromatic rings. The van der Waals surface area contributed by atoms with E-state index in [1.807, 2.05) is 47.7 Å². The van der Waals surface area contributed by atoms with E-state index in [1.54, 1.807) is 6.20 Å². The Hall–Kier alpha value is -2.14. The third-order valence-corrected chi connectivity index (χ3v) is 4.10. The third-order valence-electron chi connectivity index (χ3n) is 4.10. The molecule has 1 fully saturated rings. The molecule has 0 bridgehead atoms. The molecule has 1 aliphatic heterocycles. The van der Waals surface area contributed by atoms with E-state index >= 15 is 0 Å². The maximum Gasteiger partial charge on any atom is 0.257 e. The van der Waals surface area contributed by atoms with E-state index in [1.165, 1.54) is 0 Å². The molecule has 110 valence electrons. The predicted molar refractivity (Wildman–Crippen MR) is 81.5 cm³/mol. The highest BCUT2D eigenvalue weighted by Crippen LogP contribution is 2.20. The molecule has 21 heavy (non-hydrogen) atoms. The summed E-state index contributed by atoms with van der Waals surface area (Å²) in [5.41, 5.74) is 9.55. The zero-order valence-corrected chi connectivity index (χ0v) is 12.4. The normalized spacial score (nSPS) is 18.2. The Balaban J connectivity index is 1.93. The van der Waals surface area contributed by atoms with Gasteiger partial charge < -0.3 is 10.6 Å². The number of hydrogen-bond donors (Lipinski definition) is 1. The summed E-state index contributed by atoms with van der Waals surface area (Å²) >= 11 is 0. The second kappa shape index (κ2) is 5.33. The standard InChI is InChI=1S/C16H20N4O/c1-11-5-3-4-6-15(11)20-12(2)14(9-18-20)16(21)19-8-7-13(17)10-19/h3-6,9,13H,7-8,10,17H2,1-2H3/t13-/m0/s1. The summed E-state index contributed by atoms with van der Waals surface area (Å²) in [6, 6.07) is 8.12. The summed E-state index contributed by atoms with van der Waals surface area (Å²) in [7, 11) is 0. The monoisotopic (exact) mass is 284 g/mol. The van der Waals surface area contributed by atoms with Gasteiger partial charge in [0.15, 0.2) is 0 Å². The van der Waals surface area contributed by atoms with E-state index in [-0.39, 0.29) is 11.9 Å². The Morgan fingerprint density at radius 2 is 2.10 bits per heavy atom. The van der Waals surface area contributed by atoms with Gasteiger partial charge in [0.25, 0.3) is 5.91 Å². The summed E-state index contributed by atoms with van der Waals surface area (Å²) < 4.78 is 1.83. The van der Waals surface area contributed by atoms with Crippen LogP contribution in [-0.4, -0.2) is 39.7 Å². The first-order chi connectivity index (χ1) is 10.1. The molecule has 5 heteroatoms. The van der Waals surface area contributed by atoms with Gasteiger partial charge in [0.2, 0.25) is 0 Å². The van der Waals surface area contributed by atoms with Gasteiger partial charge in [0, 0.05) is 19.1 Å². The Bertz CT molecular complexity index is 677. The van der Waals surface area contributed by atoms with E-state index in [0.717, 1.165) is 29.9 Å². The predicted octanol–water partition coefficient (Wildman–Crippen LogP) is 1.66. The van der Waals surface area contributed by atoms with Crippen LogP contribution in [0.1, 0.15) is 28.0 Å². The minimum atomic E-state index is 0.0280. The molecule has 1 aliphatic rings. The molecule has 0 spiro atoms. The van der Waals surface area contributed by atoms with Crippen molar-refractivity contribution < 1.29 is 4.79 Å². The minimum absolute atomic E-state index is 0.0280. The first-order valence-corrected chi connectivity index (χ1v) is 7.23. The van der Waals surface area contributed by atoms with Gasteiger partial charge in [-0.2, -0.15) is 5.10 Å². The van der Waals surface area contributed by atoms with E-state index in [4.69, 9.17) is 5.73 Å². The number of nitrogens with two attached hydrogens (primary N) is 1. The Morgan fingerprint density at radius 3 is 2.76 bits per heavy atom. The molecule has 0 saturated carbocycles. The largest absolute Gasteiger partial charge is 0.337 e. The number of rotatable bonds is 2. The summed E-state index contributed by atoms with van der Waals surface area (Å²) in [4.78, 5) is 14.4. The molecular weight excluding hydrogens is 264 g/mol. The van der Waals surface area contributed by atoms with E-state index in [9.17, 15) is 4.79 Å². The number of amides is 1. The van der Waals surface area contributed by atoms with Crippen molar-refractivity contribution in [1.29, 1.82) is 0 Å². The first kappa shape index (κ1) is 13.8. The van der Waals surface area contributed by atoms with Crippen LogP contribution in [0.2, 0.25) is 0 Å². The topological polar surface area (TPSA) is 64.2 Å². The lowest BCUT2D eigenvalue weighted by Crippen LogP contribution is -2.32. The summed E-state index contributed by atoms with van der Waals surface area (Å²) in [5, 5.41) is 4.40. The number of aryl methyl sites for hydroxylation is 1. The number of carbonyl (C=O) groups is 1. The SMILES string of the molecule is Cc1ccccc1-n1ncc(C(=O)N2CC[C@H](N)C2)c1C. The number of likely N-dealkylation sites (tertiary alicyclic amines) is 1. The third kappa shape index (κ3) is 2.45. The highest BCUT2D eigenvalue weighted by atomic mass is 16.2. The van der Waals surface area contributed by atoms with Crippen molar-refractivity contribution in [2.45, 2.75) is 26.3 Å². The second-order valence-corrected chi connectivity index (χ2v) is 5.64. The maximum atomic E-state index is 12.6. The van der Waals surface area contributed by atoms with Crippen LogP contribution in [0.25, 0.3) is 5.69 Å². The van der Waals surface area contributed by atoms with Crippen LogP contribution in [0.3, 0.4) is 0 Å². The average molecular weight is 284 g/mol. The zero-order chi connectivity index (χ0) is 15.0. The quantitative estimate of drug-likeness (QED) is 0.912. The van der Waals surface area contributed by atoms with Crippen molar-refractivity contribution in [1.82, 2.24) is 14.7 Å². The van der Waals surface area contributed by atoms with Crippen LogP contribution < -0.4 is 5.73 Å². The fourth-order valence-electron chi connectivity index (χ4n) is 2.81. The Labute approximate surface area is 124 Å².